The number of hydrogen-bond acceptors (Lipinski definition) is 7. The molecule has 0 atom stereocenters. The summed E-state index contributed by atoms with van der Waals surface area (Å²) in [4.78, 5) is 24.6. The second-order valence-electron chi connectivity index (χ2n) is 9.63. The first-order valence-electron chi connectivity index (χ1n) is 12.8. The van der Waals surface area contributed by atoms with Crippen molar-refractivity contribution < 1.29 is 31.1 Å². The summed E-state index contributed by atoms with van der Waals surface area (Å²) in [5.74, 6) is -1.93. The molecule has 1 saturated heterocycles. The molecular formula is C28H21ClF3N5O4S. The van der Waals surface area contributed by atoms with E-state index >= 15 is 0 Å². The van der Waals surface area contributed by atoms with Gasteiger partial charge in [-0.3, -0.25) is 9.52 Å². The van der Waals surface area contributed by atoms with E-state index < -0.39 is 33.2 Å². The third-order valence-corrected chi connectivity index (χ3v) is 8.39. The molecule has 0 radical (unpaired) electrons. The highest BCUT2D eigenvalue weighted by Crippen LogP contribution is 2.44. The molecule has 0 aliphatic carbocycles. The maximum Gasteiger partial charge on any atom is 0.262 e. The van der Waals surface area contributed by atoms with Gasteiger partial charge in [-0.05, 0) is 66.9 Å². The maximum absolute atomic E-state index is 14.4. The fourth-order valence-electron chi connectivity index (χ4n) is 4.93. The molecular weight excluding hydrogens is 595 g/mol. The van der Waals surface area contributed by atoms with Gasteiger partial charge >= 0.3 is 0 Å². The Morgan fingerprint density at radius 1 is 0.881 bits per heavy atom. The fourth-order valence-corrected chi connectivity index (χ4v) is 6.27. The van der Waals surface area contributed by atoms with Gasteiger partial charge in [-0.1, -0.05) is 11.6 Å². The highest BCUT2D eigenvalue weighted by atomic mass is 35.5. The molecule has 2 aliphatic rings. The number of carbonyl (C=O) groups is 1. The second kappa shape index (κ2) is 10.8. The molecule has 42 heavy (non-hydrogen) atoms. The van der Waals surface area contributed by atoms with Crippen molar-refractivity contribution in [2.75, 3.05) is 27.6 Å². The van der Waals surface area contributed by atoms with Gasteiger partial charge in [-0.25, -0.2) is 31.6 Å². The molecule has 14 heteroatoms. The number of ether oxygens (including phenoxy) is 1. The Hall–Kier alpha value is -4.36. The van der Waals surface area contributed by atoms with Crippen LogP contribution in [-0.4, -0.2) is 37.4 Å². The molecule has 9 nitrogen and oxygen atoms in total. The molecule has 3 aromatic carbocycles. The van der Waals surface area contributed by atoms with Crippen molar-refractivity contribution in [1.29, 1.82) is 0 Å². The number of nitrogens with one attached hydrogen (secondary N) is 1. The minimum absolute atomic E-state index is 0.190. The Bertz CT molecular complexity index is 1780. The number of hydrogen-bond donors (Lipinski definition) is 1. The standard InChI is InChI=1S/C28H21ClF3N5O4S/c29-17-11-22(31)26(23(32)12-17)35-42(39,40)21-10-16-7-9-37(27(16)24(13-21)36-8-1-2-25(36)38)28-33-14-20(15-34-28)41-19-5-3-18(30)4-6-19/h3-6,10-15,35H,1-2,7-9H2. The topological polar surface area (TPSA) is 105 Å². The van der Waals surface area contributed by atoms with Gasteiger partial charge in [0.15, 0.2) is 17.4 Å². The third-order valence-electron chi connectivity index (χ3n) is 6.84. The van der Waals surface area contributed by atoms with Crippen LogP contribution in [-0.2, 0) is 21.2 Å². The summed E-state index contributed by atoms with van der Waals surface area (Å²) in [6.45, 7) is 0.738. The van der Waals surface area contributed by atoms with Gasteiger partial charge in [-0.15, -0.1) is 0 Å². The molecule has 0 spiro atoms. The van der Waals surface area contributed by atoms with E-state index in [4.69, 9.17) is 16.3 Å². The van der Waals surface area contributed by atoms with Crippen molar-refractivity contribution in [2.45, 2.75) is 24.2 Å². The molecule has 2 aliphatic heterocycles. The SMILES string of the molecule is O=C1CCCN1c1cc(S(=O)(=O)Nc2c(F)cc(Cl)cc2F)cc2c1N(c1ncc(Oc3ccc(F)cc3)cn1)CC2. The van der Waals surface area contributed by atoms with Gasteiger partial charge in [-0.2, -0.15) is 0 Å². The summed E-state index contributed by atoms with van der Waals surface area (Å²) in [6.07, 6.45) is 4.15. The summed E-state index contributed by atoms with van der Waals surface area (Å²) in [7, 11) is -4.48. The summed E-state index contributed by atoms with van der Waals surface area (Å²) in [5.41, 5.74) is 0.594. The first kappa shape index (κ1) is 27.8. The van der Waals surface area contributed by atoms with Crippen molar-refractivity contribution in [3.8, 4) is 11.5 Å². The lowest BCUT2D eigenvalue weighted by Gasteiger charge is -2.26. The molecule has 1 N–H and O–H groups in total. The molecule has 0 bridgehead atoms. The van der Waals surface area contributed by atoms with Gasteiger partial charge in [0.1, 0.15) is 17.3 Å². The summed E-state index contributed by atoms with van der Waals surface area (Å²) in [6, 6.07) is 9.77. The lowest BCUT2D eigenvalue weighted by Crippen LogP contribution is -2.27. The van der Waals surface area contributed by atoms with E-state index in [0.717, 1.165) is 12.1 Å². The van der Waals surface area contributed by atoms with Crippen LogP contribution >= 0.6 is 11.6 Å². The van der Waals surface area contributed by atoms with Crippen LogP contribution < -0.4 is 19.3 Å². The maximum atomic E-state index is 14.4. The quantitative estimate of drug-likeness (QED) is 0.273. The predicted molar refractivity (Wildman–Crippen MR) is 149 cm³/mol. The van der Waals surface area contributed by atoms with Crippen LogP contribution in [0.5, 0.6) is 11.5 Å². The zero-order valence-electron chi connectivity index (χ0n) is 21.7. The van der Waals surface area contributed by atoms with Crippen LogP contribution in [0, 0.1) is 17.5 Å². The largest absolute Gasteiger partial charge is 0.454 e. The molecule has 0 saturated carbocycles. The average molecular weight is 616 g/mol. The van der Waals surface area contributed by atoms with E-state index in [1.165, 1.54) is 53.7 Å². The summed E-state index contributed by atoms with van der Waals surface area (Å²) < 4.78 is 76.3. The van der Waals surface area contributed by atoms with E-state index in [1.54, 1.807) is 4.90 Å². The molecule has 4 aromatic rings. The van der Waals surface area contributed by atoms with Crippen LogP contribution in [0.25, 0.3) is 0 Å². The number of nitrogens with zero attached hydrogens (tertiary/aromatic N) is 4. The second-order valence-corrected chi connectivity index (χ2v) is 11.7. The van der Waals surface area contributed by atoms with Gasteiger partial charge in [0.05, 0.1) is 28.7 Å². The highest BCUT2D eigenvalue weighted by Gasteiger charge is 2.34. The first-order chi connectivity index (χ1) is 20.1. The van der Waals surface area contributed by atoms with E-state index in [1.807, 2.05) is 4.72 Å². The summed E-state index contributed by atoms with van der Waals surface area (Å²) >= 11 is 5.67. The Morgan fingerprint density at radius 2 is 1.57 bits per heavy atom. The molecule has 1 fully saturated rings. The predicted octanol–water partition coefficient (Wildman–Crippen LogP) is 5.96. The van der Waals surface area contributed by atoms with E-state index in [2.05, 4.69) is 9.97 Å². The number of halogens is 4. The van der Waals surface area contributed by atoms with E-state index in [9.17, 15) is 26.4 Å². The van der Waals surface area contributed by atoms with Crippen LogP contribution in [0.15, 0.2) is 65.8 Å². The first-order valence-corrected chi connectivity index (χ1v) is 14.6. The smallest absolute Gasteiger partial charge is 0.262 e. The Morgan fingerprint density at radius 3 is 2.21 bits per heavy atom. The van der Waals surface area contributed by atoms with E-state index in [0.29, 0.717) is 54.4 Å². The number of fused-ring (bicyclic) bond motifs is 1. The van der Waals surface area contributed by atoms with Gasteiger partial charge < -0.3 is 14.5 Å². The fraction of sp³-hybridized carbons (Fsp3) is 0.179. The van der Waals surface area contributed by atoms with Gasteiger partial charge in [0.2, 0.25) is 11.9 Å². The number of carbonyl (C=O) groups excluding carboxylic acids is 1. The van der Waals surface area contributed by atoms with Crippen LogP contribution in [0.4, 0.5) is 36.2 Å². The Kier molecular flexibility index (Phi) is 7.15. The minimum atomic E-state index is -4.48. The summed E-state index contributed by atoms with van der Waals surface area (Å²) in [5, 5.41) is -0.224. The van der Waals surface area contributed by atoms with Crippen LogP contribution in [0.1, 0.15) is 18.4 Å². The monoisotopic (exact) mass is 615 g/mol. The van der Waals surface area contributed by atoms with Crippen molar-refractivity contribution in [2.24, 2.45) is 0 Å². The Balaban J connectivity index is 1.35. The zero-order valence-corrected chi connectivity index (χ0v) is 23.2. The molecule has 3 heterocycles. The average Bonchev–Trinajstić information content (AvgIpc) is 3.58. The van der Waals surface area contributed by atoms with Crippen molar-refractivity contribution in [3.63, 3.8) is 0 Å². The van der Waals surface area contributed by atoms with E-state index in [-0.39, 0.29) is 28.2 Å². The number of aromatic nitrogens is 2. The zero-order chi connectivity index (χ0) is 29.6. The lowest BCUT2D eigenvalue weighted by molar-refractivity contribution is -0.117. The van der Waals surface area contributed by atoms with Crippen LogP contribution in [0.3, 0.4) is 0 Å². The lowest BCUT2D eigenvalue weighted by atomic mass is 10.1. The van der Waals surface area contributed by atoms with Crippen molar-refractivity contribution >= 4 is 50.5 Å². The molecule has 216 valence electrons. The number of benzene rings is 3. The van der Waals surface area contributed by atoms with Crippen LogP contribution in [0.2, 0.25) is 5.02 Å². The number of amides is 1. The number of rotatable bonds is 7. The number of anilines is 4. The molecule has 0 unspecified atom stereocenters. The Labute approximate surface area is 243 Å². The number of sulfonamides is 1. The highest BCUT2D eigenvalue weighted by molar-refractivity contribution is 7.92. The third kappa shape index (κ3) is 5.32. The molecule has 1 amide bonds. The molecule has 1 aromatic heterocycles. The normalized spacial score (nSPS) is 14.8. The van der Waals surface area contributed by atoms with Crippen molar-refractivity contribution in [1.82, 2.24) is 9.97 Å². The van der Waals surface area contributed by atoms with Gasteiger partial charge in [0.25, 0.3) is 10.0 Å². The van der Waals surface area contributed by atoms with Gasteiger partial charge in [0, 0.05) is 24.5 Å². The minimum Gasteiger partial charge on any atom is -0.454 e. The molecule has 6 rings (SSSR count). The van der Waals surface area contributed by atoms with Crippen molar-refractivity contribution in [3.05, 3.63) is 89.0 Å².